The number of carbonyl (C=O) groups excluding carboxylic acids is 1. The molecule has 0 bridgehead atoms. The van der Waals surface area contributed by atoms with Gasteiger partial charge in [0.2, 0.25) is 5.89 Å². The van der Waals surface area contributed by atoms with Gasteiger partial charge in [-0.25, -0.2) is 4.98 Å². The number of alkyl halides is 3. The van der Waals surface area contributed by atoms with Crippen LogP contribution >= 0.6 is 0 Å². The highest BCUT2D eigenvalue weighted by Crippen LogP contribution is 2.22. The number of aryl methyl sites for hydroxylation is 1. The van der Waals surface area contributed by atoms with E-state index in [4.69, 9.17) is 9.52 Å². The lowest BCUT2D eigenvalue weighted by atomic mass is 10.0. The number of rotatable bonds is 4. The smallest absolute Gasteiger partial charge is 0.409 e. The molecule has 0 unspecified atom stereocenters. The number of anilines is 1. The molecule has 1 amide bonds. The van der Waals surface area contributed by atoms with Crippen LogP contribution in [0.25, 0.3) is 17.2 Å². The Bertz CT molecular complexity index is 1020. The third-order valence-electron chi connectivity index (χ3n) is 3.78. The van der Waals surface area contributed by atoms with Crippen molar-refractivity contribution in [2.24, 2.45) is 0 Å². The van der Waals surface area contributed by atoms with Crippen molar-refractivity contribution >= 4 is 28.8 Å². The van der Waals surface area contributed by atoms with E-state index in [-0.39, 0.29) is 18.6 Å². The van der Waals surface area contributed by atoms with Gasteiger partial charge in [0.1, 0.15) is 12.1 Å². The van der Waals surface area contributed by atoms with E-state index >= 15 is 0 Å². The number of nitrogens with zero attached hydrogens (tertiary/aromatic N) is 1. The molecule has 0 atom stereocenters. The zero-order valence-electron chi connectivity index (χ0n) is 14.2. The first-order valence-corrected chi connectivity index (χ1v) is 7.93. The Morgan fingerprint density at radius 2 is 2.04 bits per heavy atom. The molecule has 0 spiro atoms. The summed E-state index contributed by atoms with van der Waals surface area (Å²) in [5, 5.41) is 11.8. The van der Waals surface area contributed by atoms with Gasteiger partial charge in [-0.1, -0.05) is 18.2 Å². The first-order valence-electron chi connectivity index (χ1n) is 7.93. The summed E-state index contributed by atoms with van der Waals surface area (Å²) in [6, 6.07) is 9.27. The lowest BCUT2D eigenvalue weighted by Crippen LogP contribution is -2.13. The van der Waals surface area contributed by atoms with Gasteiger partial charge in [0, 0.05) is 17.3 Å². The molecule has 27 heavy (non-hydrogen) atoms. The number of halogens is 3. The minimum atomic E-state index is -4.39. The molecule has 2 aromatic carbocycles. The Morgan fingerprint density at radius 3 is 2.70 bits per heavy atom. The summed E-state index contributed by atoms with van der Waals surface area (Å²) in [4.78, 5) is 16.5. The van der Waals surface area contributed by atoms with Crippen molar-refractivity contribution in [3.05, 3.63) is 65.1 Å². The van der Waals surface area contributed by atoms with Crippen LogP contribution in [0.1, 0.15) is 27.4 Å². The standard InChI is InChI=1S/C19H15F3N2O3/c1-11-8-12(6-7-19(20,21)22)2-4-14(11)18(26)23-13-3-5-16-15(9-13)24-17(10-25)27-16/h2-9,25H,10H2,1H3,(H,23,26)/b7-6+. The second-order valence-electron chi connectivity index (χ2n) is 5.85. The van der Waals surface area contributed by atoms with Crippen LogP contribution in [0.2, 0.25) is 0 Å². The van der Waals surface area contributed by atoms with Gasteiger partial charge in [0.25, 0.3) is 5.91 Å². The van der Waals surface area contributed by atoms with Crippen LogP contribution in [0, 0.1) is 6.92 Å². The summed E-state index contributed by atoms with van der Waals surface area (Å²) in [5.74, 6) is -0.226. The number of nitrogens with one attached hydrogen (secondary N) is 1. The molecule has 3 aromatic rings. The fourth-order valence-electron chi connectivity index (χ4n) is 2.55. The molecular formula is C19H15F3N2O3. The number of hydrogen-bond donors (Lipinski definition) is 2. The molecule has 3 rings (SSSR count). The Hall–Kier alpha value is -3.13. The van der Waals surface area contributed by atoms with Gasteiger partial charge in [-0.3, -0.25) is 4.79 Å². The van der Waals surface area contributed by atoms with Crippen molar-refractivity contribution in [1.29, 1.82) is 0 Å². The van der Waals surface area contributed by atoms with E-state index < -0.39 is 12.1 Å². The van der Waals surface area contributed by atoms with Crippen LogP contribution in [-0.4, -0.2) is 22.2 Å². The first-order chi connectivity index (χ1) is 12.7. The lowest BCUT2D eigenvalue weighted by Gasteiger charge is -2.08. The van der Waals surface area contributed by atoms with Gasteiger partial charge in [0.15, 0.2) is 5.58 Å². The molecule has 2 N–H and O–H groups in total. The van der Waals surface area contributed by atoms with Crippen LogP contribution in [0.5, 0.6) is 0 Å². The fourth-order valence-corrected chi connectivity index (χ4v) is 2.55. The Balaban J connectivity index is 1.78. The predicted octanol–water partition coefficient (Wildman–Crippen LogP) is 4.46. The number of aliphatic hydroxyl groups is 1. The average molecular weight is 376 g/mol. The molecule has 0 aliphatic rings. The summed E-state index contributed by atoms with van der Waals surface area (Å²) in [6.07, 6.45) is -3.29. The number of amides is 1. The predicted molar refractivity (Wildman–Crippen MR) is 94.2 cm³/mol. The average Bonchev–Trinajstić information content (AvgIpc) is 3.01. The molecule has 1 aromatic heterocycles. The molecule has 5 nitrogen and oxygen atoms in total. The molecule has 0 fully saturated rings. The Morgan fingerprint density at radius 1 is 1.26 bits per heavy atom. The molecule has 8 heteroatoms. The van der Waals surface area contributed by atoms with Crippen molar-refractivity contribution < 1.29 is 27.5 Å². The van der Waals surface area contributed by atoms with E-state index in [9.17, 15) is 18.0 Å². The van der Waals surface area contributed by atoms with Crippen LogP contribution in [0.4, 0.5) is 18.9 Å². The molecule has 1 heterocycles. The number of carbonyl (C=O) groups is 1. The monoisotopic (exact) mass is 376 g/mol. The molecule has 140 valence electrons. The zero-order valence-corrected chi connectivity index (χ0v) is 14.2. The maximum Gasteiger partial charge on any atom is 0.409 e. The summed E-state index contributed by atoms with van der Waals surface area (Å²) in [6.45, 7) is 1.32. The maximum absolute atomic E-state index is 12.5. The number of aliphatic hydroxyl groups excluding tert-OH is 1. The van der Waals surface area contributed by atoms with E-state index in [1.807, 2.05) is 0 Å². The summed E-state index contributed by atoms with van der Waals surface area (Å²) in [5.41, 5.74) is 2.68. The number of allylic oxidation sites excluding steroid dienone is 1. The van der Waals surface area contributed by atoms with Crippen LogP contribution in [0.3, 0.4) is 0 Å². The Labute approximate surface area is 152 Å². The topological polar surface area (TPSA) is 75.4 Å². The number of benzene rings is 2. The Kier molecular flexibility index (Phi) is 5.00. The molecule has 0 aliphatic heterocycles. The molecule has 0 saturated heterocycles. The van der Waals surface area contributed by atoms with E-state index in [0.717, 1.165) is 6.08 Å². The van der Waals surface area contributed by atoms with Gasteiger partial charge in [-0.05, 0) is 42.3 Å². The SMILES string of the molecule is Cc1cc(/C=C/C(F)(F)F)ccc1C(=O)Nc1ccc2oc(CO)nc2c1. The van der Waals surface area contributed by atoms with Crippen molar-refractivity contribution in [1.82, 2.24) is 4.98 Å². The fraction of sp³-hybridized carbons (Fsp3) is 0.158. The summed E-state index contributed by atoms with van der Waals surface area (Å²) >= 11 is 0. The van der Waals surface area contributed by atoms with Gasteiger partial charge in [0.05, 0.1) is 0 Å². The second kappa shape index (κ2) is 7.24. The molecule has 0 radical (unpaired) electrons. The van der Waals surface area contributed by atoms with E-state index in [0.29, 0.717) is 33.5 Å². The third-order valence-corrected chi connectivity index (χ3v) is 3.78. The zero-order chi connectivity index (χ0) is 19.6. The van der Waals surface area contributed by atoms with E-state index in [1.54, 1.807) is 25.1 Å². The highest BCUT2D eigenvalue weighted by molar-refractivity contribution is 6.06. The van der Waals surface area contributed by atoms with Crippen LogP contribution in [-0.2, 0) is 6.61 Å². The highest BCUT2D eigenvalue weighted by atomic mass is 19.4. The normalized spacial score (nSPS) is 12.0. The minimum Gasteiger partial charge on any atom is -0.438 e. The highest BCUT2D eigenvalue weighted by Gasteiger charge is 2.21. The van der Waals surface area contributed by atoms with Crippen LogP contribution < -0.4 is 5.32 Å². The number of fused-ring (bicyclic) bond motifs is 1. The van der Waals surface area contributed by atoms with Crippen molar-refractivity contribution in [3.8, 4) is 0 Å². The third kappa shape index (κ3) is 4.53. The van der Waals surface area contributed by atoms with Gasteiger partial charge < -0.3 is 14.8 Å². The molecule has 0 aliphatic carbocycles. The summed E-state index contributed by atoms with van der Waals surface area (Å²) < 4.78 is 42.0. The van der Waals surface area contributed by atoms with Crippen molar-refractivity contribution in [2.45, 2.75) is 19.7 Å². The van der Waals surface area contributed by atoms with Crippen molar-refractivity contribution in [2.75, 3.05) is 5.32 Å². The largest absolute Gasteiger partial charge is 0.438 e. The molecule has 0 saturated carbocycles. The quantitative estimate of drug-likeness (QED) is 0.705. The van der Waals surface area contributed by atoms with E-state index in [2.05, 4.69) is 10.3 Å². The number of oxazole rings is 1. The minimum absolute atomic E-state index is 0.148. The second-order valence-corrected chi connectivity index (χ2v) is 5.85. The first kappa shape index (κ1) is 18.7. The van der Waals surface area contributed by atoms with Crippen LogP contribution in [0.15, 0.2) is 46.9 Å². The number of aromatic nitrogens is 1. The number of hydrogen-bond acceptors (Lipinski definition) is 4. The van der Waals surface area contributed by atoms with Gasteiger partial charge in [-0.15, -0.1) is 0 Å². The van der Waals surface area contributed by atoms with E-state index in [1.165, 1.54) is 18.2 Å². The summed E-state index contributed by atoms with van der Waals surface area (Å²) in [7, 11) is 0. The van der Waals surface area contributed by atoms with Gasteiger partial charge >= 0.3 is 6.18 Å². The lowest BCUT2D eigenvalue weighted by molar-refractivity contribution is -0.0790. The van der Waals surface area contributed by atoms with Crippen molar-refractivity contribution in [3.63, 3.8) is 0 Å². The van der Waals surface area contributed by atoms with Gasteiger partial charge in [-0.2, -0.15) is 13.2 Å². The molecular weight excluding hydrogens is 361 g/mol. The maximum atomic E-state index is 12.5.